The maximum atomic E-state index is 11.3. The van der Waals surface area contributed by atoms with Crippen molar-refractivity contribution >= 4 is 0 Å². The van der Waals surface area contributed by atoms with Crippen LogP contribution in [0.2, 0.25) is 0 Å². The van der Waals surface area contributed by atoms with Crippen molar-refractivity contribution in [2.75, 3.05) is 0 Å². The van der Waals surface area contributed by atoms with Crippen LogP contribution in [0.15, 0.2) is 48.5 Å². The molecule has 4 aromatic rings. The van der Waals surface area contributed by atoms with Crippen molar-refractivity contribution in [2.45, 2.75) is 53.4 Å². The molecule has 184 valence electrons. The zero-order chi connectivity index (χ0) is 25.7. The highest BCUT2D eigenvalue weighted by Gasteiger charge is 2.21. The summed E-state index contributed by atoms with van der Waals surface area (Å²) in [5.74, 6) is 0.802. The van der Waals surface area contributed by atoms with Crippen molar-refractivity contribution in [3.63, 3.8) is 0 Å². The number of aryl methyl sites for hydroxylation is 4. The van der Waals surface area contributed by atoms with Gasteiger partial charge in [-0.2, -0.15) is 0 Å². The molecule has 0 aliphatic heterocycles. The van der Waals surface area contributed by atoms with Gasteiger partial charge in [0, 0.05) is 47.9 Å². The first-order valence-electron chi connectivity index (χ1n) is 12.4. The number of hydrogen-bond donors (Lipinski definition) is 4. The molecular formula is C32H32O4. The van der Waals surface area contributed by atoms with Gasteiger partial charge in [-0.05, 0) is 72.2 Å². The Bertz CT molecular complexity index is 1400. The van der Waals surface area contributed by atoms with Crippen LogP contribution in [0.3, 0.4) is 0 Å². The van der Waals surface area contributed by atoms with Crippen LogP contribution in [0.25, 0.3) is 0 Å². The van der Waals surface area contributed by atoms with E-state index in [9.17, 15) is 20.4 Å². The van der Waals surface area contributed by atoms with Gasteiger partial charge in [-0.15, -0.1) is 0 Å². The molecule has 0 fully saturated rings. The average Bonchev–Trinajstić information content (AvgIpc) is 2.84. The summed E-state index contributed by atoms with van der Waals surface area (Å²) in [5.41, 5.74) is 9.72. The van der Waals surface area contributed by atoms with E-state index >= 15 is 0 Å². The predicted octanol–water partition coefficient (Wildman–Crippen LogP) is 6.42. The zero-order valence-corrected chi connectivity index (χ0v) is 21.2. The van der Waals surface area contributed by atoms with Gasteiger partial charge in [0.2, 0.25) is 0 Å². The minimum Gasteiger partial charge on any atom is -0.507 e. The fraction of sp³-hybridized carbons (Fsp3) is 0.250. The van der Waals surface area contributed by atoms with Gasteiger partial charge in [0.05, 0.1) is 0 Å². The van der Waals surface area contributed by atoms with Gasteiger partial charge in [0.1, 0.15) is 23.0 Å². The Labute approximate surface area is 212 Å². The smallest absolute Gasteiger partial charge is 0.122 e. The monoisotopic (exact) mass is 480 g/mol. The Balaban J connectivity index is 1.79. The molecule has 0 amide bonds. The van der Waals surface area contributed by atoms with Crippen molar-refractivity contribution in [1.82, 2.24) is 0 Å². The van der Waals surface area contributed by atoms with Gasteiger partial charge in [-0.3, -0.25) is 0 Å². The lowest BCUT2D eigenvalue weighted by atomic mass is 9.87. The molecule has 0 saturated heterocycles. The van der Waals surface area contributed by atoms with Crippen LogP contribution < -0.4 is 0 Å². The molecule has 36 heavy (non-hydrogen) atoms. The van der Waals surface area contributed by atoms with Crippen LogP contribution in [0.1, 0.15) is 66.8 Å². The highest BCUT2D eigenvalue weighted by molar-refractivity contribution is 5.58. The second kappa shape index (κ2) is 8.94. The summed E-state index contributed by atoms with van der Waals surface area (Å²) in [6.45, 7) is 7.84. The minimum absolute atomic E-state index is 0.198. The maximum absolute atomic E-state index is 11.3. The van der Waals surface area contributed by atoms with Crippen molar-refractivity contribution in [3.05, 3.63) is 115 Å². The molecule has 0 saturated carbocycles. The average molecular weight is 481 g/mol. The Kier molecular flexibility index (Phi) is 5.91. The van der Waals surface area contributed by atoms with Crippen molar-refractivity contribution in [1.29, 1.82) is 0 Å². The number of phenols is 4. The predicted molar refractivity (Wildman–Crippen MR) is 143 cm³/mol. The van der Waals surface area contributed by atoms with E-state index in [2.05, 4.69) is 0 Å². The topological polar surface area (TPSA) is 80.9 Å². The summed E-state index contributed by atoms with van der Waals surface area (Å²) >= 11 is 0. The van der Waals surface area contributed by atoms with Gasteiger partial charge in [0.25, 0.3) is 0 Å². The number of phenolic OH excluding ortho intramolecular Hbond substituents is 4. The van der Waals surface area contributed by atoms with Gasteiger partial charge in [0.15, 0.2) is 0 Å². The third-order valence-corrected chi connectivity index (χ3v) is 7.87. The van der Waals surface area contributed by atoms with Crippen LogP contribution in [0.5, 0.6) is 23.0 Å². The first kappa shape index (κ1) is 23.8. The largest absolute Gasteiger partial charge is 0.507 e. The third-order valence-electron chi connectivity index (χ3n) is 7.87. The molecule has 4 aromatic carbocycles. The van der Waals surface area contributed by atoms with E-state index in [-0.39, 0.29) is 23.0 Å². The van der Waals surface area contributed by atoms with Gasteiger partial charge < -0.3 is 20.4 Å². The highest BCUT2D eigenvalue weighted by Crippen LogP contribution is 2.40. The molecule has 0 heterocycles. The van der Waals surface area contributed by atoms with Crippen LogP contribution in [0, 0.1) is 27.7 Å². The van der Waals surface area contributed by atoms with Crippen LogP contribution in [-0.2, 0) is 25.7 Å². The highest BCUT2D eigenvalue weighted by atomic mass is 16.3. The number of aromatic hydroxyl groups is 4. The quantitative estimate of drug-likeness (QED) is 0.206. The first-order valence-corrected chi connectivity index (χ1v) is 12.4. The zero-order valence-electron chi connectivity index (χ0n) is 21.2. The number of rotatable bonds is 0. The van der Waals surface area contributed by atoms with E-state index < -0.39 is 0 Å². The molecule has 0 spiro atoms. The third kappa shape index (κ3) is 3.97. The standard InChI is InChI=1S/C32H32O4/c1-17-5-9-21-13-22-10-6-18(2)26(30(22)34)15-24-12-8-20(4)28(32(24)36)16-27-19(3)7-11-23(31(27)35)14-25(17)29(21)33/h5-12,33-36H,13-16H2,1-4H3. The number of hydrogen-bond acceptors (Lipinski definition) is 4. The molecule has 0 radical (unpaired) electrons. The Morgan fingerprint density at radius 2 is 0.611 bits per heavy atom. The molecule has 8 bridgehead atoms. The Morgan fingerprint density at radius 1 is 0.361 bits per heavy atom. The molecule has 0 unspecified atom stereocenters. The van der Waals surface area contributed by atoms with Gasteiger partial charge in [-0.25, -0.2) is 0 Å². The molecule has 5 rings (SSSR count). The molecule has 0 atom stereocenters. The summed E-state index contributed by atoms with van der Waals surface area (Å²) < 4.78 is 0. The molecule has 4 heteroatoms. The molecule has 4 nitrogen and oxygen atoms in total. The van der Waals surface area contributed by atoms with E-state index in [1.54, 1.807) is 0 Å². The summed E-state index contributed by atoms with van der Waals surface area (Å²) in [4.78, 5) is 0. The van der Waals surface area contributed by atoms with Crippen molar-refractivity contribution in [2.24, 2.45) is 0 Å². The summed E-state index contributed by atoms with van der Waals surface area (Å²) in [6, 6.07) is 15.6. The lowest BCUT2D eigenvalue weighted by molar-refractivity contribution is 0.449. The van der Waals surface area contributed by atoms with Gasteiger partial charge in [-0.1, -0.05) is 48.5 Å². The number of fused-ring (bicyclic) bond motifs is 8. The van der Waals surface area contributed by atoms with E-state index in [1.807, 2.05) is 76.2 Å². The Morgan fingerprint density at radius 3 is 0.917 bits per heavy atom. The Hall–Kier alpha value is -3.92. The van der Waals surface area contributed by atoms with E-state index in [0.717, 1.165) is 66.8 Å². The first-order chi connectivity index (χ1) is 17.2. The molecule has 0 aromatic heterocycles. The van der Waals surface area contributed by atoms with Crippen LogP contribution >= 0.6 is 0 Å². The van der Waals surface area contributed by atoms with Crippen LogP contribution in [-0.4, -0.2) is 20.4 Å². The molecule has 1 aliphatic carbocycles. The lowest BCUT2D eigenvalue weighted by Gasteiger charge is -2.20. The maximum Gasteiger partial charge on any atom is 0.122 e. The lowest BCUT2D eigenvalue weighted by Crippen LogP contribution is -2.04. The van der Waals surface area contributed by atoms with Crippen LogP contribution in [0.4, 0.5) is 0 Å². The SMILES string of the molecule is Cc1ccc2c(O)c1Cc1ccc(C)c(c1O)Cc1c(C)ccc(c1O)Cc1c(C)ccc(c1O)C2. The van der Waals surface area contributed by atoms with Crippen molar-refractivity contribution < 1.29 is 20.4 Å². The number of benzene rings is 4. The molecular weight excluding hydrogens is 448 g/mol. The van der Waals surface area contributed by atoms with E-state index in [0.29, 0.717) is 25.7 Å². The molecule has 4 N–H and O–H groups in total. The molecule has 1 aliphatic rings. The van der Waals surface area contributed by atoms with E-state index in [4.69, 9.17) is 0 Å². The summed E-state index contributed by atoms with van der Waals surface area (Å²) in [5, 5.41) is 45.2. The second-order valence-corrected chi connectivity index (χ2v) is 10.2. The minimum atomic E-state index is 0.198. The fourth-order valence-electron chi connectivity index (χ4n) is 5.37. The second-order valence-electron chi connectivity index (χ2n) is 10.2. The van der Waals surface area contributed by atoms with Gasteiger partial charge >= 0.3 is 0 Å². The van der Waals surface area contributed by atoms with Crippen molar-refractivity contribution in [3.8, 4) is 23.0 Å². The summed E-state index contributed by atoms with van der Waals surface area (Å²) in [6.07, 6.45) is 1.50. The normalized spacial score (nSPS) is 13.0. The fourth-order valence-corrected chi connectivity index (χ4v) is 5.37. The van der Waals surface area contributed by atoms with E-state index in [1.165, 1.54) is 0 Å². The summed E-state index contributed by atoms with van der Waals surface area (Å²) in [7, 11) is 0.